The summed E-state index contributed by atoms with van der Waals surface area (Å²) in [6.45, 7) is 9.22. The van der Waals surface area contributed by atoms with Gasteiger partial charge >= 0.3 is 0 Å². The van der Waals surface area contributed by atoms with E-state index in [2.05, 4.69) is 38.2 Å². The molecule has 0 aromatic heterocycles. The SMILES string of the molecule is Cc1cc(C)c(CNC2COC2)c(C)c1. The molecule has 1 aromatic carbocycles. The van der Waals surface area contributed by atoms with Gasteiger partial charge in [-0.25, -0.2) is 0 Å². The minimum absolute atomic E-state index is 0.560. The molecule has 0 atom stereocenters. The molecule has 2 nitrogen and oxygen atoms in total. The zero-order chi connectivity index (χ0) is 10.8. The molecule has 82 valence electrons. The Hall–Kier alpha value is -0.860. The van der Waals surface area contributed by atoms with Crippen LogP contribution in [0.15, 0.2) is 12.1 Å². The summed E-state index contributed by atoms with van der Waals surface area (Å²) in [5.41, 5.74) is 5.56. The third kappa shape index (κ3) is 2.39. The van der Waals surface area contributed by atoms with Crippen LogP contribution in [0, 0.1) is 20.8 Å². The first-order valence-electron chi connectivity index (χ1n) is 5.54. The Kier molecular flexibility index (Phi) is 3.08. The van der Waals surface area contributed by atoms with Crippen molar-refractivity contribution in [3.63, 3.8) is 0 Å². The number of hydrogen-bond donors (Lipinski definition) is 1. The first-order valence-corrected chi connectivity index (χ1v) is 5.54. The molecule has 0 bridgehead atoms. The number of aryl methyl sites for hydroxylation is 3. The fourth-order valence-corrected chi connectivity index (χ4v) is 2.09. The van der Waals surface area contributed by atoms with E-state index in [1.807, 2.05) is 0 Å². The molecule has 0 saturated carbocycles. The molecule has 1 fully saturated rings. The van der Waals surface area contributed by atoms with Gasteiger partial charge in [0.05, 0.1) is 19.3 Å². The van der Waals surface area contributed by atoms with E-state index in [0.717, 1.165) is 19.8 Å². The molecule has 1 heterocycles. The highest BCUT2D eigenvalue weighted by atomic mass is 16.5. The van der Waals surface area contributed by atoms with Gasteiger partial charge in [0.15, 0.2) is 0 Å². The molecule has 1 saturated heterocycles. The highest BCUT2D eigenvalue weighted by molar-refractivity contribution is 5.37. The number of hydrogen-bond acceptors (Lipinski definition) is 2. The maximum atomic E-state index is 5.14. The van der Waals surface area contributed by atoms with Crippen molar-refractivity contribution in [2.24, 2.45) is 0 Å². The van der Waals surface area contributed by atoms with E-state index in [1.54, 1.807) is 0 Å². The Morgan fingerprint density at radius 3 is 2.27 bits per heavy atom. The van der Waals surface area contributed by atoms with Crippen molar-refractivity contribution in [2.45, 2.75) is 33.4 Å². The number of rotatable bonds is 3. The van der Waals surface area contributed by atoms with Crippen LogP contribution >= 0.6 is 0 Å². The lowest BCUT2D eigenvalue weighted by molar-refractivity contribution is -0.00582. The molecule has 0 unspecified atom stereocenters. The summed E-state index contributed by atoms with van der Waals surface area (Å²) >= 11 is 0. The lowest BCUT2D eigenvalue weighted by Crippen LogP contribution is -2.45. The van der Waals surface area contributed by atoms with Gasteiger partial charge in [0.2, 0.25) is 0 Å². The van der Waals surface area contributed by atoms with Gasteiger partial charge in [-0.3, -0.25) is 0 Å². The fraction of sp³-hybridized carbons (Fsp3) is 0.538. The average molecular weight is 205 g/mol. The van der Waals surface area contributed by atoms with E-state index in [9.17, 15) is 0 Å². The highest BCUT2D eigenvalue weighted by Crippen LogP contribution is 2.16. The third-order valence-corrected chi connectivity index (χ3v) is 3.05. The predicted octanol–water partition coefficient (Wildman–Crippen LogP) is 2.10. The van der Waals surface area contributed by atoms with Gasteiger partial charge in [-0.05, 0) is 37.5 Å². The van der Waals surface area contributed by atoms with Crippen molar-refractivity contribution in [2.75, 3.05) is 13.2 Å². The van der Waals surface area contributed by atoms with Crippen molar-refractivity contribution in [1.82, 2.24) is 5.32 Å². The zero-order valence-electron chi connectivity index (χ0n) is 9.76. The van der Waals surface area contributed by atoms with Crippen LogP contribution < -0.4 is 5.32 Å². The molecule has 2 heteroatoms. The smallest absolute Gasteiger partial charge is 0.0643 e. The molecule has 2 rings (SSSR count). The molecule has 0 amide bonds. The number of ether oxygens (including phenoxy) is 1. The predicted molar refractivity (Wildman–Crippen MR) is 62.1 cm³/mol. The minimum atomic E-state index is 0.560. The molecule has 1 aliphatic rings. The first kappa shape index (κ1) is 10.7. The van der Waals surface area contributed by atoms with Crippen LogP contribution in [0.3, 0.4) is 0 Å². The Morgan fingerprint density at radius 1 is 1.20 bits per heavy atom. The molecule has 1 aliphatic heterocycles. The Labute approximate surface area is 91.6 Å². The van der Waals surface area contributed by atoms with Gasteiger partial charge in [-0.15, -0.1) is 0 Å². The Bertz CT molecular complexity index is 333. The molecular weight excluding hydrogens is 186 g/mol. The summed E-state index contributed by atoms with van der Waals surface area (Å²) in [5, 5.41) is 3.51. The second kappa shape index (κ2) is 4.33. The second-order valence-corrected chi connectivity index (χ2v) is 4.49. The summed E-state index contributed by atoms with van der Waals surface area (Å²) in [4.78, 5) is 0. The first-order chi connectivity index (χ1) is 7.16. The van der Waals surface area contributed by atoms with Crippen molar-refractivity contribution in [3.05, 3.63) is 34.4 Å². The van der Waals surface area contributed by atoms with E-state index in [0.29, 0.717) is 6.04 Å². The zero-order valence-corrected chi connectivity index (χ0v) is 9.76. The summed E-state index contributed by atoms with van der Waals surface area (Å²) in [6, 6.07) is 5.06. The van der Waals surface area contributed by atoms with Gasteiger partial charge in [-0.2, -0.15) is 0 Å². The van der Waals surface area contributed by atoms with Crippen LogP contribution in [-0.4, -0.2) is 19.3 Å². The number of nitrogens with one attached hydrogen (secondary N) is 1. The van der Waals surface area contributed by atoms with Gasteiger partial charge in [0.1, 0.15) is 0 Å². The topological polar surface area (TPSA) is 21.3 Å². The minimum Gasteiger partial charge on any atom is -0.378 e. The molecular formula is C13H19NO. The second-order valence-electron chi connectivity index (χ2n) is 4.49. The van der Waals surface area contributed by atoms with Gasteiger partial charge in [-0.1, -0.05) is 17.7 Å². The van der Waals surface area contributed by atoms with Crippen LogP contribution in [0.4, 0.5) is 0 Å². The largest absolute Gasteiger partial charge is 0.378 e. The Balaban J connectivity index is 2.05. The molecule has 15 heavy (non-hydrogen) atoms. The van der Waals surface area contributed by atoms with Gasteiger partial charge in [0.25, 0.3) is 0 Å². The van der Waals surface area contributed by atoms with Crippen molar-refractivity contribution in [3.8, 4) is 0 Å². The van der Waals surface area contributed by atoms with Gasteiger partial charge in [0, 0.05) is 6.54 Å². The van der Waals surface area contributed by atoms with E-state index >= 15 is 0 Å². The van der Waals surface area contributed by atoms with E-state index in [4.69, 9.17) is 4.74 Å². The van der Waals surface area contributed by atoms with Crippen LogP contribution in [0.2, 0.25) is 0 Å². The summed E-state index contributed by atoms with van der Waals surface area (Å²) in [5.74, 6) is 0. The molecule has 1 N–H and O–H groups in total. The molecule has 0 spiro atoms. The number of benzene rings is 1. The maximum Gasteiger partial charge on any atom is 0.0643 e. The fourth-order valence-electron chi connectivity index (χ4n) is 2.09. The quantitative estimate of drug-likeness (QED) is 0.816. The van der Waals surface area contributed by atoms with Crippen LogP contribution in [-0.2, 0) is 11.3 Å². The van der Waals surface area contributed by atoms with Gasteiger partial charge < -0.3 is 10.1 Å². The lowest BCUT2D eigenvalue weighted by Gasteiger charge is -2.27. The summed E-state index contributed by atoms with van der Waals surface area (Å²) in [6.07, 6.45) is 0. The van der Waals surface area contributed by atoms with E-state index in [-0.39, 0.29) is 0 Å². The standard InChI is InChI=1S/C13H19NO/c1-9-4-10(2)13(11(3)5-9)6-14-12-7-15-8-12/h4-5,12,14H,6-8H2,1-3H3. The monoisotopic (exact) mass is 205 g/mol. The molecule has 0 radical (unpaired) electrons. The normalized spacial score (nSPS) is 16.5. The Morgan fingerprint density at radius 2 is 1.80 bits per heavy atom. The highest BCUT2D eigenvalue weighted by Gasteiger charge is 2.17. The molecule has 0 aliphatic carbocycles. The third-order valence-electron chi connectivity index (χ3n) is 3.05. The van der Waals surface area contributed by atoms with Crippen LogP contribution in [0.25, 0.3) is 0 Å². The van der Waals surface area contributed by atoms with E-state index < -0.39 is 0 Å². The van der Waals surface area contributed by atoms with E-state index in [1.165, 1.54) is 22.3 Å². The van der Waals surface area contributed by atoms with Crippen LogP contribution in [0.1, 0.15) is 22.3 Å². The van der Waals surface area contributed by atoms with Crippen molar-refractivity contribution in [1.29, 1.82) is 0 Å². The van der Waals surface area contributed by atoms with Crippen LogP contribution in [0.5, 0.6) is 0 Å². The lowest BCUT2D eigenvalue weighted by atomic mass is 9.99. The van der Waals surface area contributed by atoms with Crippen molar-refractivity contribution >= 4 is 0 Å². The maximum absolute atomic E-state index is 5.14. The summed E-state index contributed by atoms with van der Waals surface area (Å²) in [7, 11) is 0. The molecule has 1 aromatic rings. The summed E-state index contributed by atoms with van der Waals surface area (Å²) < 4.78 is 5.14. The van der Waals surface area contributed by atoms with Crippen molar-refractivity contribution < 1.29 is 4.74 Å². The average Bonchev–Trinajstić information content (AvgIpc) is 2.06.